The van der Waals surface area contributed by atoms with E-state index < -0.39 is 0 Å². The molecule has 7 heavy (non-hydrogen) atoms. The van der Waals surface area contributed by atoms with Gasteiger partial charge in [0, 0.05) is 0 Å². The second kappa shape index (κ2) is 30.4. The van der Waals surface area contributed by atoms with Gasteiger partial charge in [0.1, 0.15) is 0 Å². The van der Waals surface area contributed by atoms with Crippen LogP contribution in [0, 0.1) is 13.3 Å². The average Bonchev–Trinajstić information content (AvgIpc) is 1.39. The fourth-order valence-electron chi connectivity index (χ4n) is 0. The van der Waals surface area contributed by atoms with E-state index in [1.807, 2.05) is 27.2 Å². The summed E-state index contributed by atoms with van der Waals surface area (Å²) in [5.74, 6) is 0. The summed E-state index contributed by atoms with van der Waals surface area (Å²) < 4.78 is 0. The predicted molar refractivity (Wildman–Crippen MR) is 31.3 cm³/mol. The van der Waals surface area contributed by atoms with Gasteiger partial charge in [0.05, 0.1) is 0 Å². The van der Waals surface area contributed by atoms with Gasteiger partial charge in [-0.25, -0.2) is 0 Å². The normalized spacial score (nSPS) is 5.14. The van der Waals surface area contributed by atoms with Gasteiger partial charge < -0.3 is 13.3 Å². The number of hydrogen-bond donors (Lipinski definition) is 0. The van der Waals surface area contributed by atoms with E-state index in [-0.39, 0.29) is 19.5 Å². The first kappa shape index (κ1) is 15.6. The van der Waals surface area contributed by atoms with E-state index in [1.54, 1.807) is 0 Å². The van der Waals surface area contributed by atoms with Crippen LogP contribution in [0.25, 0.3) is 0 Å². The van der Waals surface area contributed by atoms with Crippen molar-refractivity contribution >= 4 is 0 Å². The Labute approximate surface area is 60.5 Å². The second-order valence-corrected chi connectivity index (χ2v) is 1.08. The average molecular weight is 152 g/mol. The third kappa shape index (κ3) is 364. The van der Waals surface area contributed by atoms with Gasteiger partial charge in [-0.3, -0.25) is 0 Å². The summed E-state index contributed by atoms with van der Waals surface area (Å²) in [5, 5.41) is 0. The van der Waals surface area contributed by atoms with Crippen LogP contribution in [0.3, 0.4) is 0 Å². The Hall–Kier alpha value is 0.623. The van der Waals surface area contributed by atoms with Crippen LogP contribution in [-0.4, -0.2) is 0 Å². The van der Waals surface area contributed by atoms with Gasteiger partial charge >= 0.3 is 19.5 Å². The SMILES string of the molecule is C[CH-]C.[CH2-]CC.[Zn+2]. The molecule has 0 bridgehead atoms. The Morgan fingerprint density at radius 1 is 1.43 bits per heavy atom. The van der Waals surface area contributed by atoms with Crippen molar-refractivity contribution in [2.75, 3.05) is 0 Å². The zero-order chi connectivity index (χ0) is 5.41. The number of hydrogen-bond acceptors (Lipinski definition) is 0. The molecule has 0 amide bonds. The smallest absolute Gasteiger partial charge is 0.344 e. The zero-order valence-corrected chi connectivity index (χ0v) is 8.67. The molecule has 0 aromatic rings. The molecule has 0 spiro atoms. The van der Waals surface area contributed by atoms with E-state index in [9.17, 15) is 0 Å². The fraction of sp³-hybridized carbons (Fsp3) is 0.667. The van der Waals surface area contributed by atoms with E-state index in [2.05, 4.69) is 6.92 Å². The van der Waals surface area contributed by atoms with Crippen molar-refractivity contribution in [2.45, 2.75) is 27.2 Å². The van der Waals surface area contributed by atoms with Gasteiger partial charge in [-0.1, -0.05) is 6.92 Å². The minimum atomic E-state index is 0. The molecule has 1 heteroatoms. The zero-order valence-electron chi connectivity index (χ0n) is 5.70. The van der Waals surface area contributed by atoms with Gasteiger partial charge in [-0.05, 0) is 0 Å². The van der Waals surface area contributed by atoms with Gasteiger partial charge in [-0.15, -0.1) is 0 Å². The topological polar surface area (TPSA) is 0 Å². The Balaban J connectivity index is -0.0000000400. The van der Waals surface area contributed by atoms with Crippen molar-refractivity contribution in [2.24, 2.45) is 0 Å². The first-order chi connectivity index (χ1) is 2.83. The summed E-state index contributed by atoms with van der Waals surface area (Å²) in [6.07, 6.45) is 3.00. The van der Waals surface area contributed by atoms with E-state index in [0.29, 0.717) is 0 Å². The van der Waals surface area contributed by atoms with Crippen LogP contribution >= 0.6 is 0 Å². The number of rotatable bonds is 0. The Morgan fingerprint density at radius 2 is 1.43 bits per heavy atom. The molecule has 0 aliphatic heterocycles. The summed E-state index contributed by atoms with van der Waals surface area (Å²) in [5.41, 5.74) is 0. The first-order valence-electron chi connectivity index (χ1n) is 2.36. The molecule has 0 radical (unpaired) electrons. The fourth-order valence-corrected chi connectivity index (χ4v) is 0. The van der Waals surface area contributed by atoms with Crippen LogP contribution in [0.5, 0.6) is 0 Å². The molecule has 0 fully saturated rings. The Bertz CT molecular complexity index is 6.14. The third-order valence-corrected chi connectivity index (χ3v) is 0. The maximum absolute atomic E-state index is 3.49. The summed E-state index contributed by atoms with van der Waals surface area (Å²) >= 11 is 0. The van der Waals surface area contributed by atoms with Crippen LogP contribution < -0.4 is 0 Å². The molecule has 0 rings (SSSR count). The minimum absolute atomic E-state index is 0. The Morgan fingerprint density at radius 3 is 1.43 bits per heavy atom. The van der Waals surface area contributed by atoms with Crippen LogP contribution in [-0.2, 0) is 19.5 Å². The minimum Gasteiger partial charge on any atom is -0.344 e. The summed E-state index contributed by atoms with van der Waals surface area (Å²) in [6, 6.07) is 0. The third-order valence-electron chi connectivity index (χ3n) is 0. The van der Waals surface area contributed by atoms with Crippen molar-refractivity contribution in [3.05, 3.63) is 13.3 Å². The van der Waals surface area contributed by atoms with Crippen molar-refractivity contribution in [1.29, 1.82) is 0 Å². The van der Waals surface area contributed by atoms with Crippen LogP contribution in [0.4, 0.5) is 0 Å². The summed E-state index contributed by atoms with van der Waals surface area (Å²) in [6.45, 7) is 9.50. The van der Waals surface area contributed by atoms with Gasteiger partial charge in [0.15, 0.2) is 0 Å². The maximum atomic E-state index is 3.49. The molecule has 0 saturated carbocycles. The Kier molecular flexibility index (Phi) is 68.0. The monoisotopic (exact) mass is 150 g/mol. The van der Waals surface area contributed by atoms with Crippen molar-refractivity contribution in [3.63, 3.8) is 0 Å². The molecule has 0 N–H and O–H groups in total. The molecule has 0 aromatic carbocycles. The summed E-state index contributed by atoms with van der Waals surface area (Å²) in [4.78, 5) is 0. The van der Waals surface area contributed by atoms with Crippen LogP contribution in [0.15, 0.2) is 0 Å². The van der Waals surface area contributed by atoms with Crippen molar-refractivity contribution in [3.8, 4) is 0 Å². The molecule has 0 aromatic heterocycles. The predicted octanol–water partition coefficient (Wildman–Crippen LogP) is 2.46. The standard InChI is InChI=1S/2C3H7.Zn/c2*1-3-2;/h3H,1-2H3;1,3H2,2H3;/q2*-1;+2. The molecule has 0 aliphatic carbocycles. The second-order valence-electron chi connectivity index (χ2n) is 1.08. The molecular weight excluding hydrogens is 137 g/mol. The van der Waals surface area contributed by atoms with Gasteiger partial charge in [-0.2, -0.15) is 20.3 Å². The summed E-state index contributed by atoms with van der Waals surface area (Å²) in [7, 11) is 0. The van der Waals surface area contributed by atoms with Crippen molar-refractivity contribution in [1.82, 2.24) is 0 Å². The van der Waals surface area contributed by atoms with E-state index >= 15 is 0 Å². The largest absolute Gasteiger partial charge is 2.00 e. The van der Waals surface area contributed by atoms with E-state index in [0.717, 1.165) is 6.42 Å². The molecule has 0 atom stereocenters. The van der Waals surface area contributed by atoms with Crippen LogP contribution in [0.1, 0.15) is 27.2 Å². The van der Waals surface area contributed by atoms with Crippen molar-refractivity contribution < 1.29 is 19.5 Å². The molecule has 0 heterocycles. The first-order valence-corrected chi connectivity index (χ1v) is 2.36. The van der Waals surface area contributed by atoms with Gasteiger partial charge in [0.2, 0.25) is 0 Å². The molecule has 0 aliphatic rings. The molecule has 0 unspecified atom stereocenters. The quantitative estimate of drug-likeness (QED) is 0.369. The molecule has 0 nitrogen and oxygen atoms in total. The maximum Gasteiger partial charge on any atom is 2.00 e. The molecule has 40 valence electrons. The molecule has 0 saturated heterocycles. The van der Waals surface area contributed by atoms with Crippen LogP contribution in [0.2, 0.25) is 0 Å². The van der Waals surface area contributed by atoms with Gasteiger partial charge in [0.25, 0.3) is 0 Å². The molecular formula is C6H14Zn. The van der Waals surface area contributed by atoms with E-state index in [1.165, 1.54) is 0 Å². The van der Waals surface area contributed by atoms with E-state index in [4.69, 9.17) is 0 Å².